The monoisotopic (exact) mass is 193 g/mol. The SMILES string of the molecule is CCNCCc1ccccc1OCC. The van der Waals surface area contributed by atoms with Crippen LogP contribution in [0, 0.1) is 0 Å². The molecule has 0 spiro atoms. The smallest absolute Gasteiger partial charge is 0.122 e. The van der Waals surface area contributed by atoms with Gasteiger partial charge in [-0.2, -0.15) is 0 Å². The minimum atomic E-state index is 0.734. The van der Waals surface area contributed by atoms with E-state index in [0.717, 1.165) is 31.9 Å². The van der Waals surface area contributed by atoms with Crippen LogP contribution in [0.2, 0.25) is 0 Å². The van der Waals surface area contributed by atoms with Gasteiger partial charge in [-0.25, -0.2) is 0 Å². The second-order valence-electron chi connectivity index (χ2n) is 3.14. The summed E-state index contributed by atoms with van der Waals surface area (Å²) in [5.41, 5.74) is 1.29. The van der Waals surface area contributed by atoms with E-state index < -0.39 is 0 Å². The number of likely N-dealkylation sites (N-methyl/N-ethyl adjacent to an activating group) is 1. The highest BCUT2D eigenvalue weighted by Gasteiger charge is 2.00. The minimum absolute atomic E-state index is 0.734. The van der Waals surface area contributed by atoms with Gasteiger partial charge in [0.15, 0.2) is 0 Å². The minimum Gasteiger partial charge on any atom is -0.494 e. The Labute approximate surface area is 86.3 Å². The Hall–Kier alpha value is -1.02. The highest BCUT2D eigenvalue weighted by atomic mass is 16.5. The van der Waals surface area contributed by atoms with E-state index in [4.69, 9.17) is 4.74 Å². The molecule has 1 rings (SSSR count). The molecule has 0 heterocycles. The fourth-order valence-electron chi connectivity index (χ4n) is 1.41. The highest BCUT2D eigenvalue weighted by molar-refractivity contribution is 5.33. The average Bonchev–Trinajstić information content (AvgIpc) is 2.21. The summed E-state index contributed by atoms with van der Waals surface area (Å²) in [5, 5.41) is 3.31. The molecular weight excluding hydrogens is 174 g/mol. The summed E-state index contributed by atoms with van der Waals surface area (Å²) in [4.78, 5) is 0. The Morgan fingerprint density at radius 2 is 2.00 bits per heavy atom. The first kappa shape index (κ1) is 11.1. The van der Waals surface area contributed by atoms with Crippen molar-refractivity contribution in [3.8, 4) is 5.75 Å². The fraction of sp³-hybridized carbons (Fsp3) is 0.500. The van der Waals surface area contributed by atoms with Crippen LogP contribution in [0.3, 0.4) is 0 Å². The van der Waals surface area contributed by atoms with Crippen molar-refractivity contribution in [2.24, 2.45) is 0 Å². The molecule has 0 atom stereocenters. The second-order valence-corrected chi connectivity index (χ2v) is 3.14. The summed E-state index contributed by atoms with van der Waals surface area (Å²) in [6.07, 6.45) is 1.03. The van der Waals surface area contributed by atoms with Gasteiger partial charge < -0.3 is 10.1 Å². The van der Waals surface area contributed by atoms with Crippen LogP contribution >= 0.6 is 0 Å². The summed E-state index contributed by atoms with van der Waals surface area (Å²) < 4.78 is 5.54. The van der Waals surface area contributed by atoms with Gasteiger partial charge in [-0.1, -0.05) is 25.1 Å². The van der Waals surface area contributed by atoms with Gasteiger partial charge in [-0.15, -0.1) is 0 Å². The van der Waals surface area contributed by atoms with Gasteiger partial charge >= 0.3 is 0 Å². The average molecular weight is 193 g/mol. The molecule has 0 unspecified atom stereocenters. The van der Waals surface area contributed by atoms with Crippen LogP contribution in [0.1, 0.15) is 19.4 Å². The van der Waals surface area contributed by atoms with Crippen LogP contribution in [0.15, 0.2) is 24.3 Å². The molecule has 0 amide bonds. The molecule has 0 aromatic heterocycles. The van der Waals surface area contributed by atoms with Crippen LogP contribution in [-0.4, -0.2) is 19.7 Å². The van der Waals surface area contributed by atoms with Gasteiger partial charge in [0.05, 0.1) is 6.61 Å². The standard InChI is InChI=1S/C12H19NO/c1-3-13-10-9-11-7-5-6-8-12(11)14-4-2/h5-8,13H,3-4,9-10H2,1-2H3. The molecule has 78 valence electrons. The Morgan fingerprint density at radius 1 is 1.21 bits per heavy atom. The van der Waals surface area contributed by atoms with E-state index in [9.17, 15) is 0 Å². The lowest BCUT2D eigenvalue weighted by Crippen LogP contribution is -2.16. The Morgan fingerprint density at radius 3 is 2.71 bits per heavy atom. The Balaban J connectivity index is 2.55. The zero-order valence-corrected chi connectivity index (χ0v) is 9.05. The van der Waals surface area contributed by atoms with Crippen molar-refractivity contribution in [2.75, 3.05) is 19.7 Å². The van der Waals surface area contributed by atoms with Crippen LogP contribution in [-0.2, 0) is 6.42 Å². The predicted octanol–water partition coefficient (Wildman–Crippen LogP) is 2.24. The van der Waals surface area contributed by atoms with E-state index in [1.807, 2.05) is 19.1 Å². The molecule has 0 aliphatic rings. The second kappa shape index (κ2) is 6.44. The third kappa shape index (κ3) is 3.38. The molecule has 0 bridgehead atoms. The lowest BCUT2D eigenvalue weighted by molar-refractivity contribution is 0.336. The zero-order chi connectivity index (χ0) is 10.2. The summed E-state index contributed by atoms with van der Waals surface area (Å²) in [7, 11) is 0. The molecule has 0 saturated heterocycles. The molecule has 1 aromatic rings. The van der Waals surface area contributed by atoms with E-state index in [2.05, 4.69) is 24.4 Å². The van der Waals surface area contributed by atoms with Crippen LogP contribution in [0.4, 0.5) is 0 Å². The molecule has 2 heteroatoms. The molecule has 14 heavy (non-hydrogen) atoms. The lowest BCUT2D eigenvalue weighted by atomic mass is 10.1. The first-order valence-electron chi connectivity index (χ1n) is 5.30. The van der Waals surface area contributed by atoms with Gasteiger partial charge in [-0.3, -0.25) is 0 Å². The molecular formula is C12H19NO. The van der Waals surface area contributed by atoms with Crippen LogP contribution in [0.25, 0.3) is 0 Å². The maximum Gasteiger partial charge on any atom is 0.122 e. The first-order valence-corrected chi connectivity index (χ1v) is 5.30. The lowest BCUT2D eigenvalue weighted by Gasteiger charge is -2.09. The summed E-state index contributed by atoms with van der Waals surface area (Å²) in [5.74, 6) is 1.02. The maximum absolute atomic E-state index is 5.54. The van der Waals surface area contributed by atoms with Crippen LogP contribution < -0.4 is 10.1 Å². The van der Waals surface area contributed by atoms with E-state index in [0.29, 0.717) is 0 Å². The number of nitrogens with one attached hydrogen (secondary N) is 1. The van der Waals surface area contributed by atoms with E-state index >= 15 is 0 Å². The summed E-state index contributed by atoms with van der Waals surface area (Å²) in [6, 6.07) is 8.23. The Bertz CT molecular complexity index is 260. The van der Waals surface area contributed by atoms with Crippen molar-refractivity contribution in [2.45, 2.75) is 20.3 Å². The van der Waals surface area contributed by atoms with Crippen molar-refractivity contribution >= 4 is 0 Å². The quantitative estimate of drug-likeness (QED) is 0.700. The predicted molar refractivity (Wildman–Crippen MR) is 59.9 cm³/mol. The van der Waals surface area contributed by atoms with Crippen molar-refractivity contribution < 1.29 is 4.74 Å². The zero-order valence-electron chi connectivity index (χ0n) is 9.05. The molecule has 0 radical (unpaired) electrons. The molecule has 0 aliphatic heterocycles. The van der Waals surface area contributed by atoms with E-state index in [1.165, 1.54) is 5.56 Å². The normalized spacial score (nSPS) is 10.1. The van der Waals surface area contributed by atoms with E-state index in [1.54, 1.807) is 0 Å². The third-order valence-electron chi connectivity index (χ3n) is 2.09. The third-order valence-corrected chi connectivity index (χ3v) is 2.09. The van der Waals surface area contributed by atoms with Gasteiger partial charge in [0, 0.05) is 0 Å². The summed E-state index contributed by atoms with van der Waals surface area (Å²) in [6.45, 7) is 6.91. The van der Waals surface area contributed by atoms with E-state index in [-0.39, 0.29) is 0 Å². The van der Waals surface area contributed by atoms with Gasteiger partial charge in [0.1, 0.15) is 5.75 Å². The number of para-hydroxylation sites is 1. The number of benzene rings is 1. The number of rotatable bonds is 6. The first-order chi connectivity index (χ1) is 6.88. The van der Waals surface area contributed by atoms with Gasteiger partial charge in [0.25, 0.3) is 0 Å². The topological polar surface area (TPSA) is 21.3 Å². The van der Waals surface area contributed by atoms with Crippen molar-refractivity contribution in [1.29, 1.82) is 0 Å². The Kier molecular flexibility index (Phi) is 5.08. The van der Waals surface area contributed by atoms with Crippen molar-refractivity contribution in [3.05, 3.63) is 29.8 Å². The fourth-order valence-corrected chi connectivity index (χ4v) is 1.41. The number of hydrogen-bond acceptors (Lipinski definition) is 2. The van der Waals surface area contributed by atoms with Gasteiger partial charge in [0.2, 0.25) is 0 Å². The van der Waals surface area contributed by atoms with Gasteiger partial charge in [-0.05, 0) is 38.1 Å². The molecule has 2 nitrogen and oxygen atoms in total. The van der Waals surface area contributed by atoms with Crippen molar-refractivity contribution in [3.63, 3.8) is 0 Å². The molecule has 1 N–H and O–H groups in total. The molecule has 0 aliphatic carbocycles. The largest absolute Gasteiger partial charge is 0.494 e. The number of ether oxygens (including phenoxy) is 1. The van der Waals surface area contributed by atoms with Crippen LogP contribution in [0.5, 0.6) is 5.75 Å². The number of hydrogen-bond donors (Lipinski definition) is 1. The highest BCUT2D eigenvalue weighted by Crippen LogP contribution is 2.17. The maximum atomic E-state index is 5.54. The van der Waals surface area contributed by atoms with Crippen molar-refractivity contribution in [1.82, 2.24) is 5.32 Å². The molecule has 1 aromatic carbocycles. The molecule has 0 saturated carbocycles. The molecule has 0 fully saturated rings. The summed E-state index contributed by atoms with van der Waals surface area (Å²) >= 11 is 0.